The van der Waals surface area contributed by atoms with Crippen LogP contribution < -0.4 is 28.7 Å². The van der Waals surface area contributed by atoms with E-state index in [4.69, 9.17) is 43.6 Å². The minimum atomic E-state index is -1.01. The molecule has 6 aliphatic rings. The quantitative estimate of drug-likeness (QED) is 0.110. The first-order valence-electron chi connectivity index (χ1n) is 25.4. The Hall–Kier alpha value is -6.29. The van der Waals surface area contributed by atoms with Crippen molar-refractivity contribution in [2.24, 2.45) is 5.41 Å². The van der Waals surface area contributed by atoms with E-state index in [-0.39, 0.29) is 65.6 Å². The second kappa shape index (κ2) is 17.7. The van der Waals surface area contributed by atoms with Crippen molar-refractivity contribution >= 4 is 28.6 Å². The summed E-state index contributed by atoms with van der Waals surface area (Å²) < 4.78 is 64.2. The monoisotopic (exact) mass is 985 g/mol. The zero-order chi connectivity index (χ0) is 50.6. The third-order valence-corrected chi connectivity index (χ3v) is 16.0. The molecule has 3 aromatic heterocycles. The van der Waals surface area contributed by atoms with Gasteiger partial charge in [0.25, 0.3) is 0 Å². The Kier molecular flexibility index (Phi) is 11.8. The maximum atomic E-state index is 18.5. The number of aromatic nitrogens is 4. The largest absolute Gasteiger partial charge is 0.497 e. The van der Waals surface area contributed by atoms with Gasteiger partial charge in [0.1, 0.15) is 64.2 Å². The number of anilines is 2. The number of carbonyl (C=O) groups excluding carboxylic acids is 1. The van der Waals surface area contributed by atoms with Crippen LogP contribution >= 0.6 is 0 Å². The van der Waals surface area contributed by atoms with E-state index < -0.39 is 35.3 Å². The number of hydrogen-bond donors (Lipinski definition) is 0. The van der Waals surface area contributed by atoms with Gasteiger partial charge in [-0.3, -0.25) is 9.80 Å². The van der Waals surface area contributed by atoms with Crippen LogP contribution in [0.3, 0.4) is 0 Å². The molecule has 14 nitrogen and oxygen atoms in total. The number of nitrogens with zero attached hydrogens (tertiary/aromatic N) is 8. The number of fused-ring (bicyclic) bond motifs is 6. The van der Waals surface area contributed by atoms with Crippen molar-refractivity contribution in [3.63, 3.8) is 0 Å². The number of amides is 1. The summed E-state index contributed by atoms with van der Waals surface area (Å²) in [6, 6.07) is 17.1. The molecule has 5 aromatic rings. The lowest BCUT2D eigenvalue weighted by molar-refractivity contribution is 0.000931. The van der Waals surface area contributed by atoms with Crippen LogP contribution in [0.1, 0.15) is 102 Å². The standard InChI is InChI=1S/C56H66F2N8O6/c1-31-22-56(23-36(57)28-64(56)25-31)30-70-52-61-46-44-50(62-52)65-29-37-15-20-41(66(37)53(67)72-54(4,5)6)49(65)33(3)71-51(44)60-48(45(46)58)47-43(40-24-55(40,7)8)32(2)21-42(59-47)63(26-34-11-16-38(68-9)17-12-34)27-35-13-18-39(69-10)19-14-35/h11-14,16-19,21,33,36-37,40-41,49H,1,15,20,22-30H2,2-10H3/t33-,36+,37+,40?,41-,49+,56?/m0/s1. The number of pyridine rings is 2. The minimum absolute atomic E-state index is 0.0102. The molecule has 8 heterocycles. The van der Waals surface area contributed by atoms with Crippen LogP contribution in [0.4, 0.5) is 25.2 Å². The Balaban J connectivity index is 1.07. The number of alkyl halides is 1. The van der Waals surface area contributed by atoms with Gasteiger partial charge in [0, 0.05) is 39.1 Å². The molecule has 16 heteroatoms. The number of methoxy groups -OCH3 is 2. The number of benzene rings is 2. The Bertz CT molecular complexity index is 2900. The summed E-state index contributed by atoms with van der Waals surface area (Å²) in [5, 5.41) is 0.323. The van der Waals surface area contributed by atoms with E-state index in [9.17, 15) is 4.79 Å². The molecule has 0 N–H and O–H groups in total. The number of piperazine rings is 1. The van der Waals surface area contributed by atoms with E-state index in [0.29, 0.717) is 68.3 Å². The smallest absolute Gasteiger partial charge is 0.410 e. The molecule has 2 unspecified atom stereocenters. The second-order valence-corrected chi connectivity index (χ2v) is 22.8. The van der Waals surface area contributed by atoms with Crippen LogP contribution in [0.5, 0.6) is 23.4 Å². The van der Waals surface area contributed by atoms with E-state index in [1.807, 2.05) is 81.1 Å². The van der Waals surface area contributed by atoms with Crippen LogP contribution in [0.2, 0.25) is 0 Å². The van der Waals surface area contributed by atoms with Crippen molar-refractivity contribution in [1.29, 1.82) is 0 Å². The number of aryl methyl sites for hydroxylation is 1. The highest BCUT2D eigenvalue weighted by Crippen LogP contribution is 2.61. The predicted molar refractivity (Wildman–Crippen MR) is 271 cm³/mol. The summed E-state index contributed by atoms with van der Waals surface area (Å²) in [5.41, 5.74) is 4.02. The molecule has 380 valence electrons. The maximum absolute atomic E-state index is 18.5. The van der Waals surface area contributed by atoms with E-state index in [2.05, 4.69) is 48.1 Å². The second-order valence-electron chi connectivity index (χ2n) is 22.8. The Morgan fingerprint density at radius 1 is 0.931 bits per heavy atom. The van der Waals surface area contributed by atoms with Crippen molar-refractivity contribution in [3.8, 4) is 34.8 Å². The average Bonchev–Trinajstić information content (AvgIpc) is 3.53. The highest BCUT2D eigenvalue weighted by Gasteiger charge is 2.55. The Morgan fingerprint density at radius 2 is 1.60 bits per heavy atom. The van der Waals surface area contributed by atoms with Crippen molar-refractivity contribution in [2.75, 3.05) is 50.3 Å². The number of ether oxygens (including phenoxy) is 5. The van der Waals surface area contributed by atoms with Crippen molar-refractivity contribution in [3.05, 3.63) is 94.8 Å². The van der Waals surface area contributed by atoms with Gasteiger partial charge in [0.2, 0.25) is 5.88 Å². The van der Waals surface area contributed by atoms with Crippen molar-refractivity contribution < 1.29 is 37.3 Å². The highest BCUT2D eigenvalue weighted by atomic mass is 19.1. The molecule has 72 heavy (non-hydrogen) atoms. The van der Waals surface area contributed by atoms with Gasteiger partial charge in [-0.15, -0.1) is 0 Å². The van der Waals surface area contributed by atoms with Crippen LogP contribution in [0, 0.1) is 18.2 Å². The molecule has 2 bridgehead atoms. The fourth-order valence-electron chi connectivity index (χ4n) is 12.4. The molecule has 5 fully saturated rings. The number of hydrogen-bond acceptors (Lipinski definition) is 13. The van der Waals surface area contributed by atoms with E-state index in [1.54, 1.807) is 14.2 Å². The van der Waals surface area contributed by atoms with Gasteiger partial charge in [-0.05, 0) is 124 Å². The molecule has 2 aromatic carbocycles. The summed E-state index contributed by atoms with van der Waals surface area (Å²) in [7, 11) is 3.30. The normalized spacial score (nSPS) is 26.0. The predicted octanol–water partition coefficient (Wildman–Crippen LogP) is 10.1. The fourth-order valence-corrected chi connectivity index (χ4v) is 12.4. The van der Waals surface area contributed by atoms with Crippen molar-refractivity contribution in [1.82, 2.24) is 29.7 Å². The lowest BCUT2D eigenvalue weighted by Crippen LogP contribution is -2.65. The zero-order valence-electron chi connectivity index (χ0n) is 42.9. The van der Waals surface area contributed by atoms with Gasteiger partial charge in [0.15, 0.2) is 5.82 Å². The average molecular weight is 985 g/mol. The highest BCUT2D eigenvalue weighted by molar-refractivity contribution is 5.97. The van der Waals surface area contributed by atoms with Gasteiger partial charge < -0.3 is 33.5 Å². The maximum Gasteiger partial charge on any atom is 0.410 e. The summed E-state index contributed by atoms with van der Waals surface area (Å²) in [6.07, 6.45) is 1.31. The van der Waals surface area contributed by atoms with Crippen molar-refractivity contribution in [2.45, 2.75) is 141 Å². The molecular formula is C56H66F2N8O6. The van der Waals surface area contributed by atoms with E-state index >= 15 is 8.78 Å². The lowest BCUT2D eigenvalue weighted by Gasteiger charge is -2.48. The molecule has 5 aliphatic heterocycles. The zero-order valence-corrected chi connectivity index (χ0v) is 42.9. The third kappa shape index (κ3) is 8.60. The summed E-state index contributed by atoms with van der Waals surface area (Å²) in [6.45, 7) is 20.7. The molecule has 4 saturated heterocycles. The molecule has 7 atom stereocenters. The summed E-state index contributed by atoms with van der Waals surface area (Å²) >= 11 is 0. The van der Waals surface area contributed by atoms with Crippen LogP contribution in [0.15, 0.2) is 66.7 Å². The number of halogens is 2. The summed E-state index contributed by atoms with van der Waals surface area (Å²) in [5.74, 6) is 2.16. The molecule has 0 radical (unpaired) electrons. The van der Waals surface area contributed by atoms with Gasteiger partial charge >= 0.3 is 12.1 Å². The van der Waals surface area contributed by atoms with Gasteiger partial charge in [-0.1, -0.05) is 50.3 Å². The van der Waals surface area contributed by atoms with Crippen LogP contribution in [-0.2, 0) is 17.8 Å². The van der Waals surface area contributed by atoms with Crippen LogP contribution in [-0.4, -0.2) is 118 Å². The Morgan fingerprint density at radius 3 is 2.22 bits per heavy atom. The van der Waals surface area contributed by atoms with Gasteiger partial charge in [-0.2, -0.15) is 9.97 Å². The first-order chi connectivity index (χ1) is 34.3. The number of carbonyl (C=O) groups is 1. The van der Waals surface area contributed by atoms with E-state index in [1.165, 1.54) is 0 Å². The summed E-state index contributed by atoms with van der Waals surface area (Å²) in [4.78, 5) is 43.0. The lowest BCUT2D eigenvalue weighted by atomic mass is 9.93. The van der Waals surface area contributed by atoms with E-state index in [0.717, 1.165) is 52.2 Å². The molecule has 1 saturated carbocycles. The van der Waals surface area contributed by atoms with Gasteiger partial charge in [-0.25, -0.2) is 23.5 Å². The Labute approximate surface area is 420 Å². The SMILES string of the molecule is C=C1CN2C[C@H](F)CC2(COc2nc3c4c(nc(-c5nc(N(Cc6ccc(OC)cc6)Cc6ccc(OC)cc6)cc(C)c5C5CC5(C)C)c(F)c4n2)O[C@@H](C)[C@@H]2[C@@H]4CC[C@H](CN32)N4C(=O)OC(C)(C)C)C1. The minimum Gasteiger partial charge on any atom is -0.497 e. The first-order valence-corrected chi connectivity index (χ1v) is 25.4. The molecular weight excluding hydrogens is 919 g/mol. The van der Waals surface area contributed by atoms with Gasteiger partial charge in [0.05, 0.1) is 43.6 Å². The molecule has 11 rings (SSSR count). The molecule has 0 spiro atoms. The fraction of sp³-hybridized carbons (Fsp3) is 0.518. The van der Waals surface area contributed by atoms with Crippen LogP contribution in [0.25, 0.3) is 22.3 Å². The third-order valence-electron chi connectivity index (χ3n) is 16.0. The molecule has 1 aliphatic carbocycles. The molecule has 1 amide bonds. The topological polar surface area (TPSA) is 128 Å². The number of rotatable bonds is 12. The first kappa shape index (κ1) is 48.0.